The molecule has 7 heteroatoms. The predicted octanol–water partition coefficient (Wildman–Crippen LogP) is 3.85. The number of esters is 1. The van der Waals surface area contributed by atoms with Crippen molar-refractivity contribution >= 4 is 27.5 Å². The Morgan fingerprint density at radius 1 is 1.31 bits per heavy atom. The van der Waals surface area contributed by atoms with Crippen LogP contribution in [-0.2, 0) is 29.0 Å². The SMILES string of the molecule is Cc1cccc(C)c1OCC(=O)OCc1nc2sc3c(c2c(=O)[nH]1)CC[C@H](C)C3. The number of carbonyl (C=O) groups is 1. The predicted molar refractivity (Wildman–Crippen MR) is 113 cm³/mol. The van der Waals surface area contributed by atoms with Gasteiger partial charge in [-0.3, -0.25) is 4.79 Å². The van der Waals surface area contributed by atoms with E-state index in [9.17, 15) is 9.59 Å². The summed E-state index contributed by atoms with van der Waals surface area (Å²) in [5.74, 6) is 1.17. The molecule has 2 aromatic heterocycles. The molecule has 6 nitrogen and oxygen atoms in total. The van der Waals surface area contributed by atoms with Gasteiger partial charge in [-0.05, 0) is 55.7 Å². The molecule has 0 spiro atoms. The fraction of sp³-hybridized carbons (Fsp3) is 0.409. The first-order valence-corrected chi connectivity index (χ1v) is 10.6. The Hall–Kier alpha value is -2.67. The van der Waals surface area contributed by atoms with Crippen LogP contribution >= 0.6 is 11.3 Å². The maximum absolute atomic E-state index is 12.6. The summed E-state index contributed by atoms with van der Waals surface area (Å²) in [7, 11) is 0. The molecule has 3 aromatic rings. The van der Waals surface area contributed by atoms with E-state index < -0.39 is 5.97 Å². The summed E-state index contributed by atoms with van der Waals surface area (Å²) in [6.07, 6.45) is 3.01. The molecule has 1 N–H and O–H groups in total. The van der Waals surface area contributed by atoms with Gasteiger partial charge in [-0.25, -0.2) is 9.78 Å². The summed E-state index contributed by atoms with van der Waals surface area (Å²) in [6.45, 7) is 5.82. The zero-order valence-corrected chi connectivity index (χ0v) is 17.6. The lowest BCUT2D eigenvalue weighted by Crippen LogP contribution is -2.18. The number of hydrogen-bond donors (Lipinski definition) is 1. The molecule has 0 saturated carbocycles. The van der Waals surface area contributed by atoms with Gasteiger partial charge in [0.2, 0.25) is 0 Å². The number of nitrogens with one attached hydrogen (secondary N) is 1. The van der Waals surface area contributed by atoms with E-state index in [0.29, 0.717) is 22.9 Å². The van der Waals surface area contributed by atoms with Gasteiger partial charge in [-0.15, -0.1) is 11.3 Å². The first-order valence-electron chi connectivity index (χ1n) is 9.80. The van der Waals surface area contributed by atoms with Crippen molar-refractivity contribution in [2.24, 2.45) is 5.92 Å². The molecule has 1 atom stereocenters. The summed E-state index contributed by atoms with van der Waals surface area (Å²) in [5.41, 5.74) is 2.91. The molecular weight excluding hydrogens is 388 g/mol. The van der Waals surface area contributed by atoms with Crippen LogP contribution in [0.1, 0.15) is 40.7 Å². The number of carbonyl (C=O) groups excluding carboxylic acids is 1. The number of hydrogen-bond acceptors (Lipinski definition) is 6. The lowest BCUT2D eigenvalue weighted by molar-refractivity contribution is -0.147. The van der Waals surface area contributed by atoms with Crippen LogP contribution in [0.5, 0.6) is 5.75 Å². The average Bonchev–Trinajstić information content (AvgIpc) is 3.03. The molecule has 152 valence electrons. The zero-order valence-electron chi connectivity index (χ0n) is 16.8. The fourth-order valence-electron chi connectivity index (χ4n) is 3.81. The maximum Gasteiger partial charge on any atom is 0.344 e. The Balaban J connectivity index is 1.43. The minimum atomic E-state index is -0.505. The van der Waals surface area contributed by atoms with Crippen LogP contribution in [0.3, 0.4) is 0 Å². The third kappa shape index (κ3) is 4.05. The number of aromatic amines is 1. The van der Waals surface area contributed by atoms with E-state index in [1.807, 2.05) is 32.0 Å². The highest BCUT2D eigenvalue weighted by molar-refractivity contribution is 7.18. The van der Waals surface area contributed by atoms with Crippen LogP contribution in [0.15, 0.2) is 23.0 Å². The Labute approximate surface area is 172 Å². The Kier molecular flexibility index (Phi) is 5.41. The number of rotatable bonds is 5. The minimum Gasteiger partial charge on any atom is -0.481 e. The first kappa shape index (κ1) is 19.6. The number of ether oxygens (including phenoxy) is 2. The zero-order chi connectivity index (χ0) is 20.5. The highest BCUT2D eigenvalue weighted by Gasteiger charge is 2.23. The average molecular weight is 413 g/mol. The molecule has 0 bridgehead atoms. The van der Waals surface area contributed by atoms with Gasteiger partial charge >= 0.3 is 5.97 Å². The number of para-hydroxylation sites is 1. The Morgan fingerprint density at radius 2 is 2.07 bits per heavy atom. The van der Waals surface area contributed by atoms with E-state index in [1.165, 1.54) is 4.88 Å². The van der Waals surface area contributed by atoms with Gasteiger partial charge in [-0.1, -0.05) is 25.1 Å². The number of thiophene rings is 1. The van der Waals surface area contributed by atoms with Gasteiger partial charge in [-0.2, -0.15) is 0 Å². The van der Waals surface area contributed by atoms with Crippen molar-refractivity contribution < 1.29 is 14.3 Å². The Morgan fingerprint density at radius 3 is 2.83 bits per heavy atom. The molecule has 29 heavy (non-hydrogen) atoms. The smallest absolute Gasteiger partial charge is 0.344 e. The van der Waals surface area contributed by atoms with E-state index in [4.69, 9.17) is 9.47 Å². The second-order valence-corrected chi connectivity index (χ2v) is 8.80. The molecule has 0 aliphatic heterocycles. The highest BCUT2D eigenvalue weighted by atomic mass is 32.1. The van der Waals surface area contributed by atoms with Crippen molar-refractivity contribution in [3.8, 4) is 5.75 Å². The summed E-state index contributed by atoms with van der Waals surface area (Å²) in [6, 6.07) is 5.80. The maximum atomic E-state index is 12.6. The lowest BCUT2D eigenvalue weighted by Gasteiger charge is -2.17. The standard InChI is InChI=1S/C22H24N2O4S/c1-12-7-8-15-16(9-12)29-22-19(15)21(26)23-17(24-22)10-27-18(25)11-28-20-13(2)5-4-6-14(20)3/h4-6,12H,7-11H2,1-3H3,(H,23,24,26)/t12-/m0/s1. The number of H-pyrrole nitrogens is 1. The molecule has 0 amide bonds. The van der Waals surface area contributed by atoms with Crippen molar-refractivity contribution in [1.82, 2.24) is 9.97 Å². The van der Waals surface area contributed by atoms with E-state index in [0.717, 1.165) is 40.8 Å². The van der Waals surface area contributed by atoms with Crippen molar-refractivity contribution in [1.29, 1.82) is 0 Å². The second-order valence-electron chi connectivity index (χ2n) is 7.71. The van der Waals surface area contributed by atoms with Crippen LogP contribution < -0.4 is 10.3 Å². The third-order valence-corrected chi connectivity index (χ3v) is 6.48. The second kappa shape index (κ2) is 7.99. The molecule has 0 saturated heterocycles. The largest absolute Gasteiger partial charge is 0.481 e. The summed E-state index contributed by atoms with van der Waals surface area (Å²) in [4.78, 5) is 34.0. The van der Waals surface area contributed by atoms with E-state index in [2.05, 4.69) is 16.9 Å². The van der Waals surface area contributed by atoms with Crippen molar-refractivity contribution in [2.45, 2.75) is 46.6 Å². The molecule has 0 radical (unpaired) electrons. The molecular formula is C22H24N2O4S. The number of nitrogens with zero attached hydrogens (tertiary/aromatic N) is 1. The number of aryl methyl sites for hydroxylation is 3. The summed E-state index contributed by atoms with van der Waals surface area (Å²) in [5, 5.41) is 0.699. The first-order chi connectivity index (χ1) is 13.9. The summed E-state index contributed by atoms with van der Waals surface area (Å²) < 4.78 is 10.9. The van der Waals surface area contributed by atoms with Crippen LogP contribution in [0.2, 0.25) is 0 Å². The molecule has 1 aromatic carbocycles. The van der Waals surface area contributed by atoms with Gasteiger partial charge < -0.3 is 14.5 Å². The monoisotopic (exact) mass is 412 g/mol. The fourth-order valence-corrected chi connectivity index (χ4v) is 5.21. The van der Waals surface area contributed by atoms with Gasteiger partial charge in [0.05, 0.1) is 5.39 Å². The van der Waals surface area contributed by atoms with Crippen molar-refractivity contribution in [3.05, 3.63) is 55.9 Å². The van der Waals surface area contributed by atoms with Gasteiger partial charge in [0, 0.05) is 4.88 Å². The number of fused-ring (bicyclic) bond motifs is 3. The quantitative estimate of drug-likeness (QED) is 0.644. The third-order valence-electron chi connectivity index (χ3n) is 5.33. The van der Waals surface area contributed by atoms with Crippen molar-refractivity contribution in [3.63, 3.8) is 0 Å². The molecule has 4 rings (SSSR count). The van der Waals surface area contributed by atoms with E-state index in [1.54, 1.807) is 11.3 Å². The summed E-state index contributed by atoms with van der Waals surface area (Å²) >= 11 is 1.58. The van der Waals surface area contributed by atoms with Crippen molar-refractivity contribution in [2.75, 3.05) is 6.61 Å². The highest BCUT2D eigenvalue weighted by Crippen LogP contribution is 2.35. The van der Waals surface area contributed by atoms with Crippen LogP contribution in [0.25, 0.3) is 10.2 Å². The normalized spacial score (nSPS) is 15.9. The van der Waals surface area contributed by atoms with E-state index >= 15 is 0 Å². The Bertz CT molecular complexity index is 1110. The molecule has 2 heterocycles. The van der Waals surface area contributed by atoms with Gasteiger partial charge in [0.1, 0.15) is 23.0 Å². The van der Waals surface area contributed by atoms with Crippen LogP contribution in [-0.4, -0.2) is 22.5 Å². The number of aromatic nitrogens is 2. The molecule has 1 aliphatic carbocycles. The van der Waals surface area contributed by atoms with Gasteiger partial charge in [0.15, 0.2) is 6.61 Å². The minimum absolute atomic E-state index is 0.0842. The lowest BCUT2D eigenvalue weighted by atomic mass is 9.89. The van der Waals surface area contributed by atoms with E-state index in [-0.39, 0.29) is 18.8 Å². The van der Waals surface area contributed by atoms with Gasteiger partial charge in [0.25, 0.3) is 5.56 Å². The number of benzene rings is 1. The van der Waals surface area contributed by atoms with Crippen LogP contribution in [0.4, 0.5) is 0 Å². The van der Waals surface area contributed by atoms with Crippen LogP contribution in [0, 0.1) is 19.8 Å². The molecule has 0 unspecified atom stereocenters. The molecule has 0 fully saturated rings. The molecule has 1 aliphatic rings. The topological polar surface area (TPSA) is 81.3 Å².